The maximum Gasteiger partial charge on any atom is 0.483 e. The van der Waals surface area contributed by atoms with Crippen molar-refractivity contribution >= 4 is 32.6 Å². The largest absolute Gasteiger partial charge is 0.483 e. The summed E-state index contributed by atoms with van der Waals surface area (Å²) in [5, 5.41) is 59.3. The number of hydrogen-bond acceptors (Lipinski definition) is 17. The molecule has 4 heterocycles. The molecule has 2 aliphatic heterocycles. The molecule has 0 radical (unpaired) electrons. The van der Waals surface area contributed by atoms with Crippen molar-refractivity contribution < 1.29 is 76.8 Å². The summed E-state index contributed by atoms with van der Waals surface area (Å²) in [6.07, 6.45) is -17.1. The van der Waals surface area contributed by atoms with Crippen molar-refractivity contribution in [3.8, 4) is 0 Å². The van der Waals surface area contributed by atoms with E-state index in [2.05, 4.69) is 28.3 Å². The molecule has 2 fully saturated rings. The van der Waals surface area contributed by atoms with E-state index in [0.717, 1.165) is 6.33 Å². The number of fused-ring (bicyclic) bond motifs is 1. The van der Waals surface area contributed by atoms with E-state index in [9.17, 15) is 48.8 Å². The van der Waals surface area contributed by atoms with Crippen LogP contribution in [0.5, 0.6) is 0 Å². The van der Waals surface area contributed by atoms with Gasteiger partial charge in [0, 0.05) is 0 Å². The van der Waals surface area contributed by atoms with Gasteiger partial charge in [-0.25, -0.2) is 28.5 Å². The number of hydrogen-bond donors (Lipinski definition) is 9. The number of phosphoric ester groups is 2. The van der Waals surface area contributed by atoms with Crippen molar-refractivity contribution in [2.24, 2.45) is 0 Å². The van der Waals surface area contributed by atoms with Gasteiger partial charge in [0.15, 0.2) is 30.2 Å². The fourth-order valence-corrected chi connectivity index (χ4v) is 6.15. The topological polar surface area (TPSA) is 312 Å². The number of halogens is 1. The van der Waals surface area contributed by atoms with Crippen LogP contribution in [0.4, 0.5) is 10.2 Å². The van der Waals surface area contributed by atoms with Crippen LogP contribution >= 0.6 is 15.6 Å². The number of anilines is 1. The molecular weight excluding hydrogens is 595 g/mol. The zero-order valence-electron chi connectivity index (χ0n) is 19.9. The number of phosphoric acid groups is 2. The third-order valence-corrected chi connectivity index (χ3v) is 8.58. The van der Waals surface area contributed by atoms with E-state index < -0.39 is 90.3 Å². The van der Waals surface area contributed by atoms with Gasteiger partial charge in [-0.1, -0.05) is 0 Å². The van der Waals surface area contributed by atoms with Crippen molar-refractivity contribution in [2.75, 3.05) is 18.9 Å². The zero-order valence-corrected chi connectivity index (χ0v) is 21.7. The van der Waals surface area contributed by atoms with E-state index in [0.29, 0.717) is 0 Å². The van der Waals surface area contributed by atoms with Crippen LogP contribution in [0.25, 0.3) is 11.2 Å². The Morgan fingerprint density at radius 2 is 1.70 bits per heavy atom. The molecule has 0 bridgehead atoms. The number of rotatable bonds is 10. The Labute approximate surface area is 222 Å². The smallest absolute Gasteiger partial charge is 0.393 e. The van der Waals surface area contributed by atoms with Crippen molar-refractivity contribution in [1.82, 2.24) is 19.5 Å². The lowest BCUT2D eigenvalue weighted by molar-refractivity contribution is -0.287. The number of ether oxygens (including phenoxy) is 2. The van der Waals surface area contributed by atoms with Crippen molar-refractivity contribution in [1.29, 1.82) is 0 Å². The number of alkyl halides is 1. The molecule has 0 saturated carbocycles. The third-order valence-electron chi connectivity index (χ3n) is 5.98. The van der Waals surface area contributed by atoms with E-state index in [1.165, 1.54) is 10.9 Å². The number of imidazole rings is 1. The molecule has 4 rings (SSSR count). The van der Waals surface area contributed by atoms with Crippen LogP contribution in [0.2, 0.25) is 0 Å². The van der Waals surface area contributed by atoms with Crippen LogP contribution in [-0.4, -0.2) is 128 Å². The number of aliphatic hydroxyl groups is 6. The summed E-state index contributed by atoms with van der Waals surface area (Å²) in [6.45, 7) is -2.18. The van der Waals surface area contributed by atoms with Gasteiger partial charge in [-0.05, 0) is 0 Å². The van der Waals surface area contributed by atoms with Gasteiger partial charge in [0.05, 0.1) is 19.5 Å². The molecule has 40 heavy (non-hydrogen) atoms. The number of nitrogens with two attached hydrogens (primary N) is 1. The Morgan fingerprint density at radius 1 is 1.00 bits per heavy atom. The number of aromatic nitrogens is 4. The number of nitrogen functional groups attached to an aromatic ring is 1. The normalized spacial score (nSPS) is 36.8. The van der Waals surface area contributed by atoms with Crippen LogP contribution < -0.4 is 5.73 Å². The van der Waals surface area contributed by atoms with Gasteiger partial charge < -0.3 is 55.6 Å². The second kappa shape index (κ2) is 11.8. The average molecular weight is 621 g/mol. The lowest BCUT2D eigenvalue weighted by Crippen LogP contribution is -2.60. The van der Waals surface area contributed by atoms with Crippen molar-refractivity contribution in [2.45, 2.75) is 61.4 Å². The predicted octanol–water partition coefficient (Wildman–Crippen LogP) is -3.58. The van der Waals surface area contributed by atoms with E-state index in [4.69, 9.17) is 20.3 Å². The molecule has 0 amide bonds. The minimum absolute atomic E-state index is 0.0240. The Hall–Kier alpha value is -1.78. The molecule has 12 atom stereocenters. The summed E-state index contributed by atoms with van der Waals surface area (Å²) in [7, 11) is -11.2. The highest BCUT2D eigenvalue weighted by Gasteiger charge is 2.51. The third kappa shape index (κ3) is 6.33. The van der Waals surface area contributed by atoms with Crippen LogP contribution in [0.15, 0.2) is 12.7 Å². The number of aliphatic hydroxyl groups excluding tert-OH is 6. The van der Waals surface area contributed by atoms with Crippen LogP contribution in [0.3, 0.4) is 0 Å². The van der Waals surface area contributed by atoms with Crippen molar-refractivity contribution in [3.63, 3.8) is 0 Å². The summed E-state index contributed by atoms with van der Waals surface area (Å²) < 4.78 is 63.1. The number of nitrogens with zero attached hydrogens (tertiary/aromatic N) is 4. The summed E-state index contributed by atoms with van der Waals surface area (Å²) in [5.41, 5.74) is 6.01. The molecule has 7 unspecified atom stereocenters. The first kappa shape index (κ1) is 31.2. The molecule has 2 saturated heterocycles. The van der Waals surface area contributed by atoms with Gasteiger partial charge >= 0.3 is 15.6 Å². The summed E-state index contributed by atoms with van der Waals surface area (Å²) in [5.74, 6) is 0.0240. The minimum atomic E-state index is -5.70. The maximum absolute atomic E-state index is 13.8. The minimum Gasteiger partial charge on any atom is -0.393 e. The molecule has 0 aromatic carbocycles. The Balaban J connectivity index is 1.38. The second-order valence-electron chi connectivity index (χ2n) is 8.69. The lowest BCUT2D eigenvalue weighted by Gasteiger charge is -2.41. The highest BCUT2D eigenvalue weighted by molar-refractivity contribution is 7.61. The first-order valence-corrected chi connectivity index (χ1v) is 14.2. The van der Waals surface area contributed by atoms with E-state index in [1.807, 2.05) is 0 Å². The summed E-state index contributed by atoms with van der Waals surface area (Å²) in [6, 6.07) is 0. The van der Waals surface area contributed by atoms with Gasteiger partial charge in [-0.15, -0.1) is 0 Å². The molecule has 0 spiro atoms. The summed E-state index contributed by atoms with van der Waals surface area (Å²) >= 11 is 0. The molecule has 226 valence electrons. The highest BCUT2D eigenvalue weighted by Crippen LogP contribution is 2.61. The van der Waals surface area contributed by atoms with Gasteiger partial charge in [-0.2, -0.15) is 4.31 Å². The molecule has 0 aliphatic carbocycles. The van der Waals surface area contributed by atoms with Gasteiger partial charge in [-0.3, -0.25) is 13.6 Å². The molecule has 2 aromatic rings. The molecule has 2 aromatic heterocycles. The van der Waals surface area contributed by atoms with Gasteiger partial charge in [0.1, 0.15) is 54.6 Å². The average Bonchev–Trinajstić information content (AvgIpc) is 3.43. The quantitative estimate of drug-likeness (QED) is 0.116. The second-order valence-corrected chi connectivity index (χ2v) is 11.7. The lowest BCUT2D eigenvalue weighted by atomic mass is 9.96. The Morgan fingerprint density at radius 3 is 2.38 bits per heavy atom. The van der Waals surface area contributed by atoms with E-state index in [-0.39, 0.29) is 17.0 Å². The fourth-order valence-electron chi connectivity index (χ4n) is 3.99. The highest BCUT2D eigenvalue weighted by atomic mass is 31.3. The van der Waals surface area contributed by atoms with Gasteiger partial charge in [0.2, 0.25) is 0 Å². The molecular formula is C17H26FN5O15P2. The first-order valence-electron chi connectivity index (χ1n) is 11.2. The fraction of sp³-hybridized carbons (Fsp3) is 0.706. The zero-order chi connectivity index (χ0) is 29.6. The standard InChI is InChI=1S/C17H26FN5O15P2/c18-5(1-24)13-10(27)9(26)12(29)17(36-13)37-40(32,33)38-39(30,31)34-2-6-8(25)11(28)16(35-6)23-4-22-7-14(19)20-3-21-15(7)23/h3-6,8-13,16-17,24-29H,1-2H2,(H,30,31)(H,32,33)(H2,19,20,21)/t5-,6+,8?,9?,10-,11?,12?,13?,16+,17-/m0/s1. The van der Waals surface area contributed by atoms with Crippen LogP contribution in [0, 0.1) is 0 Å². The summed E-state index contributed by atoms with van der Waals surface area (Å²) in [4.78, 5) is 31.6. The molecule has 20 nitrogen and oxygen atoms in total. The van der Waals surface area contributed by atoms with Gasteiger partial charge in [0.25, 0.3) is 0 Å². The predicted molar refractivity (Wildman–Crippen MR) is 122 cm³/mol. The Kier molecular flexibility index (Phi) is 9.22. The monoisotopic (exact) mass is 621 g/mol. The van der Waals surface area contributed by atoms with E-state index >= 15 is 0 Å². The maximum atomic E-state index is 13.8. The first-order chi connectivity index (χ1) is 18.7. The van der Waals surface area contributed by atoms with E-state index in [1.54, 1.807) is 0 Å². The SMILES string of the molecule is Nc1ncnc2c1ncn2[C@@H]1O[C@H](COP(=O)(O)OP(=O)(O)O[C@@H]2OC([C@@H](F)CO)[C@@H](O)C(O)C2O)C(O)C1O. The molecule has 10 N–H and O–H groups in total. The molecule has 2 aliphatic rings. The van der Waals surface area contributed by atoms with Crippen LogP contribution in [0.1, 0.15) is 6.23 Å². The Bertz CT molecular complexity index is 1290. The molecule has 23 heteroatoms. The van der Waals surface area contributed by atoms with Crippen molar-refractivity contribution in [3.05, 3.63) is 12.7 Å². The van der Waals surface area contributed by atoms with Crippen LogP contribution in [-0.2, 0) is 32.0 Å².